The fourth-order valence-corrected chi connectivity index (χ4v) is 1.39. The number of morpholine rings is 1. The molecule has 1 fully saturated rings. The summed E-state index contributed by atoms with van der Waals surface area (Å²) < 4.78 is 29.3. The SMILES string of the molecule is CCC1CN(CC(F)F)CCO1. The van der Waals surface area contributed by atoms with Crippen LogP contribution in [-0.2, 0) is 4.74 Å². The molecule has 72 valence electrons. The van der Waals surface area contributed by atoms with Gasteiger partial charge in [-0.15, -0.1) is 0 Å². The minimum absolute atomic E-state index is 0.111. The first-order chi connectivity index (χ1) is 5.72. The van der Waals surface area contributed by atoms with Crippen molar-refractivity contribution < 1.29 is 13.5 Å². The molecule has 0 spiro atoms. The minimum atomic E-state index is -2.22. The van der Waals surface area contributed by atoms with Gasteiger partial charge >= 0.3 is 0 Å². The number of halogens is 2. The highest BCUT2D eigenvalue weighted by Crippen LogP contribution is 2.09. The van der Waals surface area contributed by atoms with Crippen LogP contribution in [0.5, 0.6) is 0 Å². The van der Waals surface area contributed by atoms with Crippen molar-refractivity contribution in [1.29, 1.82) is 0 Å². The molecule has 1 unspecified atom stereocenters. The van der Waals surface area contributed by atoms with E-state index < -0.39 is 6.43 Å². The molecule has 0 saturated carbocycles. The molecule has 1 saturated heterocycles. The lowest BCUT2D eigenvalue weighted by Crippen LogP contribution is -2.44. The monoisotopic (exact) mass is 179 g/mol. The minimum Gasteiger partial charge on any atom is -0.376 e. The van der Waals surface area contributed by atoms with Gasteiger partial charge in [0.05, 0.1) is 19.3 Å². The third-order valence-electron chi connectivity index (χ3n) is 2.07. The van der Waals surface area contributed by atoms with E-state index in [1.165, 1.54) is 0 Å². The predicted molar refractivity (Wildman–Crippen MR) is 42.5 cm³/mol. The summed E-state index contributed by atoms with van der Waals surface area (Å²) >= 11 is 0. The largest absolute Gasteiger partial charge is 0.376 e. The smallest absolute Gasteiger partial charge is 0.251 e. The van der Waals surface area contributed by atoms with Crippen LogP contribution in [-0.4, -0.2) is 43.7 Å². The highest BCUT2D eigenvalue weighted by molar-refractivity contribution is 4.70. The van der Waals surface area contributed by atoms with E-state index in [0.717, 1.165) is 6.42 Å². The number of rotatable bonds is 3. The zero-order valence-electron chi connectivity index (χ0n) is 7.30. The van der Waals surface area contributed by atoms with Gasteiger partial charge in [-0.25, -0.2) is 8.78 Å². The van der Waals surface area contributed by atoms with Crippen molar-refractivity contribution in [2.45, 2.75) is 25.9 Å². The summed E-state index contributed by atoms with van der Waals surface area (Å²) in [5.41, 5.74) is 0. The molecule has 1 atom stereocenters. The van der Waals surface area contributed by atoms with E-state index in [9.17, 15) is 8.78 Å². The van der Waals surface area contributed by atoms with Crippen molar-refractivity contribution in [3.63, 3.8) is 0 Å². The van der Waals surface area contributed by atoms with Crippen LogP contribution in [0.3, 0.4) is 0 Å². The molecule has 2 nitrogen and oxygen atoms in total. The van der Waals surface area contributed by atoms with Gasteiger partial charge in [0.15, 0.2) is 0 Å². The topological polar surface area (TPSA) is 12.5 Å². The van der Waals surface area contributed by atoms with Crippen LogP contribution in [0, 0.1) is 0 Å². The molecule has 4 heteroatoms. The first kappa shape index (κ1) is 9.86. The molecule has 1 aliphatic rings. The molecule has 1 rings (SSSR count). The van der Waals surface area contributed by atoms with Crippen molar-refractivity contribution in [3.8, 4) is 0 Å². The third kappa shape index (κ3) is 3.03. The maximum absolute atomic E-state index is 12.0. The van der Waals surface area contributed by atoms with E-state index in [4.69, 9.17) is 4.74 Å². The van der Waals surface area contributed by atoms with E-state index in [0.29, 0.717) is 19.7 Å². The van der Waals surface area contributed by atoms with Gasteiger partial charge in [0.25, 0.3) is 6.43 Å². The van der Waals surface area contributed by atoms with Crippen molar-refractivity contribution in [1.82, 2.24) is 4.90 Å². The fourth-order valence-electron chi connectivity index (χ4n) is 1.39. The number of ether oxygens (including phenoxy) is 1. The average Bonchev–Trinajstić information content (AvgIpc) is 2.03. The third-order valence-corrected chi connectivity index (χ3v) is 2.07. The Morgan fingerprint density at radius 2 is 2.33 bits per heavy atom. The summed E-state index contributed by atoms with van der Waals surface area (Å²) in [6, 6.07) is 0. The van der Waals surface area contributed by atoms with Crippen LogP contribution in [0.4, 0.5) is 8.78 Å². The molecule has 0 amide bonds. The second-order valence-electron chi connectivity index (χ2n) is 3.05. The molecule has 0 N–H and O–H groups in total. The van der Waals surface area contributed by atoms with E-state index >= 15 is 0 Å². The lowest BCUT2D eigenvalue weighted by Gasteiger charge is -2.31. The quantitative estimate of drug-likeness (QED) is 0.648. The maximum Gasteiger partial charge on any atom is 0.251 e. The predicted octanol–water partition coefficient (Wildman–Crippen LogP) is 1.36. The van der Waals surface area contributed by atoms with Crippen molar-refractivity contribution >= 4 is 0 Å². The highest BCUT2D eigenvalue weighted by Gasteiger charge is 2.20. The number of alkyl halides is 2. The normalized spacial score (nSPS) is 26.5. The fraction of sp³-hybridized carbons (Fsp3) is 1.00. The van der Waals surface area contributed by atoms with Crippen LogP contribution >= 0.6 is 0 Å². The summed E-state index contributed by atoms with van der Waals surface area (Å²) in [7, 11) is 0. The standard InChI is InChI=1S/C8H15F2NO/c1-2-7-5-11(3-4-12-7)6-8(9)10/h7-8H,2-6H2,1H3. The van der Waals surface area contributed by atoms with E-state index in [-0.39, 0.29) is 12.6 Å². The number of hydrogen-bond acceptors (Lipinski definition) is 2. The molecular weight excluding hydrogens is 164 g/mol. The summed E-state index contributed by atoms with van der Waals surface area (Å²) in [5, 5.41) is 0. The molecule has 1 aliphatic heterocycles. The van der Waals surface area contributed by atoms with Crippen LogP contribution in [0.2, 0.25) is 0 Å². The van der Waals surface area contributed by atoms with E-state index in [2.05, 4.69) is 0 Å². The van der Waals surface area contributed by atoms with Gasteiger partial charge in [-0.05, 0) is 6.42 Å². The first-order valence-electron chi connectivity index (χ1n) is 4.34. The van der Waals surface area contributed by atoms with Gasteiger partial charge in [-0.1, -0.05) is 6.92 Å². The summed E-state index contributed by atoms with van der Waals surface area (Å²) in [6.45, 7) is 3.78. The molecule has 1 heterocycles. The Labute approximate surface area is 71.5 Å². The Bertz CT molecular complexity index is 132. The Hall–Kier alpha value is -0.220. The second kappa shape index (κ2) is 4.72. The Kier molecular flexibility index (Phi) is 3.88. The van der Waals surface area contributed by atoms with Gasteiger partial charge in [0, 0.05) is 13.1 Å². The summed E-state index contributed by atoms with van der Waals surface area (Å²) in [5.74, 6) is 0. The van der Waals surface area contributed by atoms with Gasteiger partial charge in [0.1, 0.15) is 0 Å². The molecule has 0 aliphatic carbocycles. The summed E-state index contributed by atoms with van der Waals surface area (Å²) in [6.07, 6.45) is -1.17. The molecule has 0 aromatic carbocycles. The average molecular weight is 179 g/mol. The molecular formula is C8H15F2NO. The molecule has 0 aromatic heterocycles. The van der Waals surface area contributed by atoms with Crippen molar-refractivity contribution in [2.75, 3.05) is 26.2 Å². The first-order valence-corrected chi connectivity index (χ1v) is 4.34. The number of hydrogen-bond donors (Lipinski definition) is 0. The molecule has 0 aromatic rings. The Balaban J connectivity index is 2.25. The zero-order chi connectivity index (χ0) is 8.97. The van der Waals surface area contributed by atoms with Gasteiger partial charge < -0.3 is 4.74 Å². The van der Waals surface area contributed by atoms with Crippen LogP contribution in [0.15, 0.2) is 0 Å². The lowest BCUT2D eigenvalue weighted by molar-refractivity contribution is -0.0455. The lowest BCUT2D eigenvalue weighted by atomic mass is 10.2. The van der Waals surface area contributed by atoms with Crippen LogP contribution in [0.1, 0.15) is 13.3 Å². The highest BCUT2D eigenvalue weighted by atomic mass is 19.3. The second-order valence-corrected chi connectivity index (χ2v) is 3.05. The van der Waals surface area contributed by atoms with Crippen molar-refractivity contribution in [3.05, 3.63) is 0 Å². The Morgan fingerprint density at radius 3 is 2.92 bits per heavy atom. The zero-order valence-corrected chi connectivity index (χ0v) is 7.30. The molecule has 0 radical (unpaired) electrons. The van der Waals surface area contributed by atoms with Crippen LogP contribution in [0.25, 0.3) is 0 Å². The van der Waals surface area contributed by atoms with Gasteiger partial charge in [-0.2, -0.15) is 0 Å². The summed E-state index contributed by atoms with van der Waals surface area (Å²) in [4.78, 5) is 1.77. The maximum atomic E-state index is 12.0. The molecule has 0 bridgehead atoms. The molecule has 12 heavy (non-hydrogen) atoms. The van der Waals surface area contributed by atoms with E-state index in [1.54, 1.807) is 4.90 Å². The van der Waals surface area contributed by atoms with E-state index in [1.807, 2.05) is 6.92 Å². The van der Waals surface area contributed by atoms with Gasteiger partial charge in [0.2, 0.25) is 0 Å². The van der Waals surface area contributed by atoms with Crippen LogP contribution < -0.4 is 0 Å². The number of nitrogens with zero attached hydrogens (tertiary/aromatic N) is 1. The van der Waals surface area contributed by atoms with Crippen molar-refractivity contribution in [2.24, 2.45) is 0 Å². The van der Waals surface area contributed by atoms with Gasteiger partial charge in [-0.3, -0.25) is 4.90 Å². The Morgan fingerprint density at radius 1 is 1.58 bits per heavy atom.